The first-order valence-electron chi connectivity index (χ1n) is 7.16. The molecule has 2 atom stereocenters. The van der Waals surface area contributed by atoms with Crippen LogP contribution in [-0.4, -0.2) is 4.26 Å². The van der Waals surface area contributed by atoms with E-state index in [2.05, 4.69) is 71.8 Å². The zero-order valence-corrected chi connectivity index (χ0v) is 20.4. The fraction of sp³-hybridized carbons (Fsp3) is 0.526. The molecule has 22 heavy (non-hydrogen) atoms. The molecule has 0 fully saturated rings. The topological polar surface area (TPSA) is 0 Å². The Bertz CT molecular complexity index is 438. The second-order valence-electron chi connectivity index (χ2n) is 5.60. The van der Waals surface area contributed by atoms with Crippen LogP contribution in [0.25, 0.3) is 0 Å². The predicted molar refractivity (Wildman–Crippen MR) is 102 cm³/mol. The van der Waals surface area contributed by atoms with E-state index in [9.17, 15) is 0 Å². The zero-order valence-electron chi connectivity index (χ0n) is 15.2. The van der Waals surface area contributed by atoms with Crippen molar-refractivity contribution in [1.29, 1.82) is 0 Å². The number of allylic oxidation sites excluding steroid dienone is 8. The van der Waals surface area contributed by atoms with Crippen molar-refractivity contribution < 1.29 is 23.9 Å². The minimum atomic E-state index is 0. The Hall–Kier alpha value is 0.280. The minimum absolute atomic E-state index is 0. The summed E-state index contributed by atoms with van der Waals surface area (Å²) >= 11 is 1.06. The fourth-order valence-corrected chi connectivity index (χ4v) is 2.32. The van der Waals surface area contributed by atoms with Crippen LogP contribution < -0.4 is 0 Å². The zero-order chi connectivity index (χ0) is 16.0. The van der Waals surface area contributed by atoms with E-state index in [1.807, 2.05) is 0 Å². The maximum absolute atomic E-state index is 3.39. The molecular weight excluding hydrogens is 478 g/mol. The quantitative estimate of drug-likeness (QED) is 0.268. The summed E-state index contributed by atoms with van der Waals surface area (Å²) in [7, 11) is 0. The molecule has 2 aliphatic rings. The summed E-state index contributed by atoms with van der Waals surface area (Å²) in [6.45, 7) is 17.3. The van der Waals surface area contributed by atoms with Crippen LogP contribution in [-0.2, 0) is 23.9 Å². The van der Waals surface area contributed by atoms with Crippen molar-refractivity contribution in [1.82, 2.24) is 0 Å². The van der Waals surface area contributed by atoms with Crippen LogP contribution in [0.4, 0.5) is 0 Å². The maximum atomic E-state index is 3.39. The summed E-state index contributed by atoms with van der Waals surface area (Å²) in [5, 5.41) is 0. The Balaban J connectivity index is -0.000000273. The van der Waals surface area contributed by atoms with Gasteiger partial charge in [-0.15, -0.1) is 38.7 Å². The Morgan fingerprint density at radius 2 is 0.909 bits per heavy atom. The molecule has 2 unspecified atom stereocenters. The molecule has 0 bridgehead atoms. The summed E-state index contributed by atoms with van der Waals surface area (Å²) in [5.41, 5.74) is 8.49. The number of rotatable bonds is 0. The van der Waals surface area contributed by atoms with Crippen LogP contribution >= 0.6 is 24.8 Å². The van der Waals surface area contributed by atoms with Gasteiger partial charge in [-0.25, -0.2) is 11.1 Å². The molecular formula is C19H30Cl2Hf. The van der Waals surface area contributed by atoms with Gasteiger partial charge in [-0.1, -0.05) is 53.4 Å². The molecule has 0 saturated heterocycles. The molecule has 0 amide bonds. The second kappa shape index (κ2) is 12.7. The molecule has 0 N–H and O–H groups in total. The van der Waals surface area contributed by atoms with E-state index in [1.165, 1.54) is 33.4 Å². The van der Waals surface area contributed by atoms with E-state index in [1.54, 1.807) is 0 Å². The van der Waals surface area contributed by atoms with Gasteiger partial charge in [0.2, 0.25) is 0 Å². The molecule has 2 aliphatic carbocycles. The van der Waals surface area contributed by atoms with E-state index in [4.69, 9.17) is 0 Å². The van der Waals surface area contributed by atoms with Crippen LogP contribution in [0, 0.1) is 24.0 Å². The van der Waals surface area contributed by atoms with Gasteiger partial charge in [-0.05, 0) is 0 Å². The third kappa shape index (κ3) is 7.23. The molecule has 0 nitrogen and oxygen atoms in total. The number of halogens is 2. The van der Waals surface area contributed by atoms with Gasteiger partial charge in [0.05, 0.1) is 0 Å². The fourth-order valence-electron chi connectivity index (χ4n) is 2.32. The molecule has 0 aliphatic heterocycles. The van der Waals surface area contributed by atoms with Crippen LogP contribution in [0.5, 0.6) is 0 Å². The first kappa shape index (κ1) is 27.1. The molecule has 0 aromatic carbocycles. The summed E-state index contributed by atoms with van der Waals surface area (Å²) < 4.78 is 3.39. The molecule has 0 radical (unpaired) electrons. The average molecular weight is 508 g/mol. The molecule has 0 aromatic heterocycles. The van der Waals surface area contributed by atoms with Gasteiger partial charge in [-0.2, -0.15) is 22.3 Å². The normalized spacial score (nSPS) is 22.5. The van der Waals surface area contributed by atoms with Gasteiger partial charge in [0.25, 0.3) is 0 Å². The molecule has 0 spiro atoms. The molecule has 0 aromatic rings. The second-order valence-corrected chi connectivity index (χ2v) is 5.60. The van der Waals surface area contributed by atoms with Gasteiger partial charge < -0.3 is 0 Å². The van der Waals surface area contributed by atoms with Crippen molar-refractivity contribution in [3.63, 3.8) is 0 Å². The van der Waals surface area contributed by atoms with E-state index in [0.29, 0.717) is 11.8 Å². The average Bonchev–Trinajstić information content (AvgIpc) is 2.78. The molecule has 3 heteroatoms. The Kier molecular flexibility index (Phi) is 15.6. The third-order valence-electron chi connectivity index (χ3n) is 4.47. The van der Waals surface area contributed by atoms with E-state index in [-0.39, 0.29) is 24.8 Å². The molecule has 0 heterocycles. The van der Waals surface area contributed by atoms with Crippen molar-refractivity contribution in [3.05, 3.63) is 45.6 Å². The Morgan fingerprint density at radius 3 is 0.955 bits per heavy atom. The third-order valence-corrected chi connectivity index (χ3v) is 4.47. The molecule has 124 valence electrons. The van der Waals surface area contributed by atoms with Crippen molar-refractivity contribution in [2.24, 2.45) is 11.8 Å². The van der Waals surface area contributed by atoms with Gasteiger partial charge >= 0.3 is 28.2 Å². The van der Waals surface area contributed by atoms with Gasteiger partial charge in [-0.3, -0.25) is 12.2 Å². The van der Waals surface area contributed by atoms with Crippen molar-refractivity contribution in [2.75, 3.05) is 0 Å². The summed E-state index contributed by atoms with van der Waals surface area (Å²) in [6, 6.07) is 0. The molecule has 2 rings (SSSR count). The first-order valence-corrected chi connectivity index (χ1v) is 9.70. The standard InChI is InChI=1S/2C9H13.CH2.2ClH.Hf/c2*1-6-5-7(2)9(4)8(6)3;;;;/h2*6H,1-4H3;1H2;2*1H;/q2*-1;;;;+2. The monoisotopic (exact) mass is 508 g/mol. The van der Waals surface area contributed by atoms with Crippen LogP contribution in [0.3, 0.4) is 0 Å². The van der Waals surface area contributed by atoms with Crippen LogP contribution in [0.2, 0.25) is 0 Å². The van der Waals surface area contributed by atoms with Gasteiger partial charge in [0.15, 0.2) is 0 Å². The van der Waals surface area contributed by atoms with E-state index >= 15 is 0 Å². The summed E-state index contributed by atoms with van der Waals surface area (Å²) in [6.07, 6.45) is 6.72. The van der Waals surface area contributed by atoms with Crippen molar-refractivity contribution in [3.8, 4) is 0 Å². The number of hydrogen-bond acceptors (Lipinski definition) is 0. The van der Waals surface area contributed by atoms with Crippen LogP contribution in [0.1, 0.15) is 55.4 Å². The number of hydrogen-bond donors (Lipinski definition) is 0. The Morgan fingerprint density at radius 1 is 0.682 bits per heavy atom. The predicted octanol–water partition coefficient (Wildman–Crippen LogP) is 6.25. The van der Waals surface area contributed by atoms with E-state index in [0.717, 1.165) is 23.9 Å². The summed E-state index contributed by atoms with van der Waals surface area (Å²) in [4.78, 5) is 0. The Labute approximate surface area is 165 Å². The molecule has 0 saturated carbocycles. The van der Waals surface area contributed by atoms with Crippen molar-refractivity contribution >= 4 is 29.1 Å². The van der Waals surface area contributed by atoms with Gasteiger partial charge in [0.1, 0.15) is 0 Å². The summed E-state index contributed by atoms with van der Waals surface area (Å²) in [5.74, 6) is 1.12. The SMILES string of the molecule is CC1=[C-]C(C)C(C)=C1C.CC1=[C-]C(C)C(C)=C1C.Cl.Cl.[CH2]=[Hf+2]. The van der Waals surface area contributed by atoms with Crippen molar-refractivity contribution in [2.45, 2.75) is 55.4 Å². The first-order chi connectivity index (χ1) is 9.25. The van der Waals surface area contributed by atoms with Crippen LogP contribution in [0.15, 0.2) is 33.4 Å². The van der Waals surface area contributed by atoms with Gasteiger partial charge in [0, 0.05) is 0 Å². The van der Waals surface area contributed by atoms with E-state index < -0.39 is 0 Å².